The average Bonchev–Trinajstić information content (AvgIpc) is 3.06. The van der Waals surface area contributed by atoms with E-state index in [0.29, 0.717) is 5.92 Å². The van der Waals surface area contributed by atoms with E-state index in [4.69, 9.17) is 9.47 Å². The second-order valence-corrected chi connectivity index (χ2v) is 7.35. The second kappa shape index (κ2) is 8.30. The first-order valence-corrected chi connectivity index (χ1v) is 9.69. The van der Waals surface area contributed by atoms with Gasteiger partial charge in [-0.2, -0.15) is 0 Å². The molecule has 0 radical (unpaired) electrons. The number of hydrogen-bond acceptors (Lipinski definition) is 5. The van der Waals surface area contributed by atoms with Crippen LogP contribution in [0.4, 0.5) is 5.69 Å². The van der Waals surface area contributed by atoms with Crippen LogP contribution in [0.1, 0.15) is 22.6 Å². The summed E-state index contributed by atoms with van der Waals surface area (Å²) < 4.78 is 10.8. The molecular weight excluding hydrogens is 340 g/mol. The third-order valence-corrected chi connectivity index (χ3v) is 5.63. The molecule has 4 rings (SSSR count). The molecule has 2 heterocycles. The maximum atomic E-state index is 9.61. The van der Waals surface area contributed by atoms with Crippen molar-refractivity contribution < 1.29 is 14.6 Å². The lowest BCUT2D eigenvalue weighted by atomic mass is 10.0. The molecular formula is C22H28N2O3. The Morgan fingerprint density at radius 1 is 1.15 bits per heavy atom. The van der Waals surface area contributed by atoms with Gasteiger partial charge in [0, 0.05) is 49.9 Å². The van der Waals surface area contributed by atoms with Crippen molar-refractivity contribution in [2.75, 3.05) is 51.4 Å². The molecule has 0 amide bonds. The Balaban J connectivity index is 1.52. The Hall–Kier alpha value is -2.08. The van der Waals surface area contributed by atoms with Gasteiger partial charge in [-0.15, -0.1) is 0 Å². The largest absolute Gasteiger partial charge is 0.496 e. The Labute approximate surface area is 161 Å². The minimum absolute atomic E-state index is 0.00669. The Bertz CT molecular complexity index is 774. The second-order valence-electron chi connectivity index (χ2n) is 7.35. The number of fused-ring (bicyclic) bond motifs is 1. The first kappa shape index (κ1) is 18.3. The highest BCUT2D eigenvalue weighted by molar-refractivity contribution is 5.60. The number of anilines is 1. The summed E-state index contributed by atoms with van der Waals surface area (Å²) in [4.78, 5) is 4.98. The number of rotatable bonds is 6. The van der Waals surface area contributed by atoms with Gasteiger partial charge in [0.05, 0.1) is 26.9 Å². The number of hydrogen-bond donors (Lipinski definition) is 1. The molecule has 0 bridgehead atoms. The summed E-state index contributed by atoms with van der Waals surface area (Å²) >= 11 is 0. The van der Waals surface area contributed by atoms with E-state index >= 15 is 0 Å². The molecule has 2 aromatic carbocycles. The lowest BCUT2D eigenvalue weighted by Gasteiger charge is -2.29. The predicted molar refractivity (Wildman–Crippen MR) is 106 cm³/mol. The van der Waals surface area contributed by atoms with Gasteiger partial charge >= 0.3 is 0 Å². The molecule has 0 unspecified atom stereocenters. The predicted octanol–water partition coefficient (Wildman–Crippen LogP) is 2.62. The van der Waals surface area contributed by atoms with Gasteiger partial charge in [-0.05, 0) is 29.3 Å². The van der Waals surface area contributed by atoms with Gasteiger partial charge in [0.1, 0.15) is 5.75 Å². The minimum Gasteiger partial charge on any atom is -0.496 e. The van der Waals surface area contributed by atoms with Crippen molar-refractivity contribution in [3.63, 3.8) is 0 Å². The van der Waals surface area contributed by atoms with Gasteiger partial charge in [-0.1, -0.05) is 24.3 Å². The maximum Gasteiger partial charge on any atom is 0.124 e. The summed E-state index contributed by atoms with van der Waals surface area (Å²) in [6.07, 6.45) is 0. The number of nitrogens with zero attached hydrogens (tertiary/aromatic N) is 2. The molecule has 1 saturated heterocycles. The SMILES string of the molecule is COc1ccc(CN2C[C@H](CN3CCOCC3)c3ccccc32)cc1CO. The molecule has 0 aromatic heterocycles. The van der Waals surface area contributed by atoms with Gasteiger partial charge in [0.2, 0.25) is 0 Å². The van der Waals surface area contributed by atoms with Crippen molar-refractivity contribution in [1.29, 1.82) is 0 Å². The van der Waals surface area contributed by atoms with E-state index in [1.165, 1.54) is 16.8 Å². The van der Waals surface area contributed by atoms with E-state index < -0.39 is 0 Å². The smallest absolute Gasteiger partial charge is 0.124 e. The quantitative estimate of drug-likeness (QED) is 0.849. The molecule has 1 atom stereocenters. The van der Waals surface area contributed by atoms with Crippen LogP contribution in [0, 0.1) is 0 Å². The zero-order valence-electron chi connectivity index (χ0n) is 15.9. The van der Waals surface area contributed by atoms with Crippen LogP contribution in [-0.4, -0.2) is 56.5 Å². The molecule has 0 aliphatic carbocycles. The molecule has 2 aromatic rings. The fourth-order valence-corrected chi connectivity index (χ4v) is 4.26. The standard InChI is InChI=1S/C22H28N2O3/c1-26-22-7-6-17(12-18(22)16-25)13-24-15-19(14-23-8-10-27-11-9-23)20-4-2-3-5-21(20)24/h2-7,12,19,25H,8-11,13-16H2,1H3/t19-/m0/s1. The van der Waals surface area contributed by atoms with Gasteiger partial charge < -0.3 is 19.5 Å². The lowest BCUT2D eigenvalue weighted by molar-refractivity contribution is 0.0356. The molecule has 5 nitrogen and oxygen atoms in total. The number of ether oxygens (including phenoxy) is 2. The number of methoxy groups -OCH3 is 1. The Morgan fingerprint density at radius 3 is 2.74 bits per heavy atom. The monoisotopic (exact) mass is 368 g/mol. The van der Waals surface area contributed by atoms with Crippen LogP contribution in [0.3, 0.4) is 0 Å². The number of para-hydroxylation sites is 1. The molecule has 5 heteroatoms. The summed E-state index contributed by atoms with van der Waals surface area (Å²) in [6.45, 7) is 6.68. The molecule has 0 saturated carbocycles. The Morgan fingerprint density at radius 2 is 1.96 bits per heavy atom. The van der Waals surface area contributed by atoms with Crippen LogP contribution in [0.2, 0.25) is 0 Å². The fourth-order valence-electron chi connectivity index (χ4n) is 4.26. The van der Waals surface area contributed by atoms with Crippen LogP contribution in [-0.2, 0) is 17.9 Å². The highest BCUT2D eigenvalue weighted by atomic mass is 16.5. The number of aliphatic hydroxyl groups excluding tert-OH is 1. The van der Waals surface area contributed by atoms with E-state index in [1.54, 1.807) is 7.11 Å². The lowest BCUT2D eigenvalue weighted by Crippen LogP contribution is -2.39. The van der Waals surface area contributed by atoms with Crippen LogP contribution >= 0.6 is 0 Å². The number of benzene rings is 2. The topological polar surface area (TPSA) is 45.2 Å². The molecule has 1 fully saturated rings. The first-order chi connectivity index (χ1) is 13.3. The normalized spacial score (nSPS) is 19.9. The van der Waals surface area contributed by atoms with Gasteiger partial charge in [-0.25, -0.2) is 0 Å². The van der Waals surface area contributed by atoms with E-state index in [0.717, 1.165) is 57.3 Å². The zero-order valence-corrected chi connectivity index (χ0v) is 15.9. The molecule has 27 heavy (non-hydrogen) atoms. The average molecular weight is 368 g/mol. The van der Waals surface area contributed by atoms with Crippen molar-refractivity contribution in [1.82, 2.24) is 4.90 Å². The van der Waals surface area contributed by atoms with Crippen molar-refractivity contribution in [2.24, 2.45) is 0 Å². The van der Waals surface area contributed by atoms with Crippen LogP contribution in [0.25, 0.3) is 0 Å². The summed E-state index contributed by atoms with van der Waals surface area (Å²) in [5.41, 5.74) is 4.81. The van der Waals surface area contributed by atoms with Gasteiger partial charge in [0.15, 0.2) is 0 Å². The number of aliphatic hydroxyl groups is 1. The van der Waals surface area contributed by atoms with Gasteiger partial charge in [-0.3, -0.25) is 4.90 Å². The van der Waals surface area contributed by atoms with Crippen LogP contribution in [0.5, 0.6) is 5.75 Å². The molecule has 2 aliphatic heterocycles. The van der Waals surface area contributed by atoms with E-state index in [9.17, 15) is 5.11 Å². The van der Waals surface area contributed by atoms with Crippen molar-refractivity contribution in [2.45, 2.75) is 19.1 Å². The van der Waals surface area contributed by atoms with E-state index in [-0.39, 0.29) is 6.61 Å². The van der Waals surface area contributed by atoms with E-state index in [2.05, 4.69) is 46.2 Å². The summed E-state index contributed by atoms with van der Waals surface area (Å²) in [5.74, 6) is 1.27. The van der Waals surface area contributed by atoms with Crippen molar-refractivity contribution >= 4 is 5.69 Å². The van der Waals surface area contributed by atoms with Crippen molar-refractivity contribution in [3.05, 3.63) is 59.2 Å². The van der Waals surface area contributed by atoms with Crippen LogP contribution < -0.4 is 9.64 Å². The number of morpholine rings is 1. The van der Waals surface area contributed by atoms with Crippen LogP contribution in [0.15, 0.2) is 42.5 Å². The molecule has 0 spiro atoms. The highest BCUT2D eigenvalue weighted by Crippen LogP contribution is 2.37. The third kappa shape index (κ3) is 3.95. The summed E-state index contributed by atoms with van der Waals surface area (Å²) in [5, 5.41) is 9.61. The van der Waals surface area contributed by atoms with Crippen molar-refractivity contribution in [3.8, 4) is 5.75 Å². The van der Waals surface area contributed by atoms with Gasteiger partial charge in [0.25, 0.3) is 0 Å². The minimum atomic E-state index is -0.00669. The third-order valence-electron chi connectivity index (χ3n) is 5.63. The Kier molecular flexibility index (Phi) is 5.62. The molecule has 1 N–H and O–H groups in total. The molecule has 2 aliphatic rings. The summed E-state index contributed by atoms with van der Waals surface area (Å²) in [6, 6.07) is 14.9. The van der Waals surface area contributed by atoms with E-state index in [1.807, 2.05) is 6.07 Å². The maximum absolute atomic E-state index is 9.61. The molecule has 144 valence electrons. The summed E-state index contributed by atoms with van der Waals surface area (Å²) in [7, 11) is 1.64. The fraction of sp³-hybridized carbons (Fsp3) is 0.455. The first-order valence-electron chi connectivity index (χ1n) is 9.69. The zero-order chi connectivity index (χ0) is 18.6. The highest BCUT2D eigenvalue weighted by Gasteiger charge is 2.30.